The molecule has 0 amide bonds. The first-order valence-electron chi connectivity index (χ1n) is 3.54. The van der Waals surface area contributed by atoms with Gasteiger partial charge in [0.15, 0.2) is 5.88 Å². The van der Waals surface area contributed by atoms with E-state index >= 15 is 0 Å². The molecule has 3 nitrogen and oxygen atoms in total. The van der Waals surface area contributed by atoms with Crippen LogP contribution in [0.15, 0.2) is 11.5 Å². The molecule has 62 valence electrons. The van der Waals surface area contributed by atoms with Crippen molar-refractivity contribution >= 4 is 22.1 Å². The van der Waals surface area contributed by atoms with Crippen molar-refractivity contribution in [3.8, 4) is 0 Å². The van der Waals surface area contributed by atoms with E-state index in [9.17, 15) is 0 Å². The highest BCUT2D eigenvalue weighted by molar-refractivity contribution is 9.09. The molecule has 4 heteroatoms. The number of alkyl halides is 1. The van der Waals surface area contributed by atoms with Gasteiger partial charge in [-0.3, -0.25) is 0 Å². The van der Waals surface area contributed by atoms with Crippen molar-refractivity contribution < 1.29 is 4.74 Å². The van der Waals surface area contributed by atoms with Gasteiger partial charge in [-0.05, 0) is 6.42 Å². The Kier molecular flexibility index (Phi) is 3.42. The summed E-state index contributed by atoms with van der Waals surface area (Å²) in [6, 6.07) is 0. The van der Waals surface area contributed by atoms with E-state index in [1.54, 1.807) is 0 Å². The summed E-state index contributed by atoms with van der Waals surface area (Å²) in [7, 11) is 0. The van der Waals surface area contributed by atoms with Crippen LogP contribution in [0.5, 0.6) is 0 Å². The van der Waals surface area contributed by atoms with Gasteiger partial charge in [0.05, 0.1) is 6.61 Å². The second kappa shape index (κ2) is 4.38. The molecule has 1 saturated heterocycles. The number of hydrogen-bond acceptors (Lipinski definition) is 3. The Bertz CT molecular complexity index is 171. The van der Waals surface area contributed by atoms with Gasteiger partial charge in [-0.15, -0.1) is 0 Å². The molecular weight excluding hydrogens is 208 g/mol. The Morgan fingerprint density at radius 1 is 1.82 bits per heavy atom. The predicted octanol–water partition coefficient (Wildman–Crippen LogP) is 1.25. The van der Waals surface area contributed by atoms with Gasteiger partial charge in [-0.25, -0.2) is 0 Å². The van der Waals surface area contributed by atoms with Gasteiger partial charge in [0, 0.05) is 23.7 Å². The smallest absolute Gasteiger partial charge is 0.192 e. The second-order valence-electron chi connectivity index (χ2n) is 2.26. The summed E-state index contributed by atoms with van der Waals surface area (Å²) < 4.78 is 5.31. The lowest BCUT2D eigenvalue weighted by Crippen LogP contribution is -2.26. The zero-order valence-corrected chi connectivity index (χ0v) is 7.78. The third-order valence-electron chi connectivity index (χ3n) is 1.46. The molecule has 0 aromatic carbocycles. The van der Waals surface area contributed by atoms with E-state index in [0.717, 1.165) is 31.0 Å². The summed E-state index contributed by atoms with van der Waals surface area (Å²) in [6.07, 6.45) is 2.35. The summed E-state index contributed by atoms with van der Waals surface area (Å²) in [6.45, 7) is 1.70. The van der Waals surface area contributed by atoms with Crippen LogP contribution in [0, 0.1) is 5.41 Å². The molecule has 1 rings (SSSR count). The van der Waals surface area contributed by atoms with E-state index in [4.69, 9.17) is 10.1 Å². The molecule has 1 heterocycles. The second-order valence-corrected chi connectivity index (χ2v) is 2.82. The van der Waals surface area contributed by atoms with Gasteiger partial charge in [-0.1, -0.05) is 15.9 Å². The fourth-order valence-corrected chi connectivity index (χ4v) is 1.29. The molecule has 1 aliphatic rings. The molecule has 1 fully saturated rings. The molecule has 2 N–H and O–H groups in total. The molecule has 0 bridgehead atoms. The van der Waals surface area contributed by atoms with Crippen molar-refractivity contribution in [2.75, 3.05) is 18.5 Å². The number of nitrogens with one attached hydrogen (secondary N) is 2. The highest BCUT2D eigenvalue weighted by Gasteiger charge is 2.08. The molecule has 11 heavy (non-hydrogen) atoms. The lowest BCUT2D eigenvalue weighted by molar-refractivity contribution is 0.156. The average molecular weight is 219 g/mol. The summed E-state index contributed by atoms with van der Waals surface area (Å²) in [5.41, 5.74) is 0.865. The van der Waals surface area contributed by atoms with Crippen LogP contribution < -0.4 is 5.32 Å². The third-order valence-corrected chi connectivity index (χ3v) is 2.07. The molecule has 0 atom stereocenters. The summed E-state index contributed by atoms with van der Waals surface area (Å²) in [5.74, 6) is 0.753. The average Bonchev–Trinajstić information content (AvgIpc) is 2.09. The van der Waals surface area contributed by atoms with Gasteiger partial charge in [0.2, 0.25) is 0 Å². The third kappa shape index (κ3) is 2.22. The number of rotatable bonds is 2. The van der Waals surface area contributed by atoms with Crippen molar-refractivity contribution in [1.82, 2.24) is 5.32 Å². The molecule has 0 aromatic rings. The van der Waals surface area contributed by atoms with Gasteiger partial charge in [0.1, 0.15) is 0 Å². The quantitative estimate of drug-likeness (QED) is 0.542. The molecule has 0 aromatic heterocycles. The molecular formula is C7H11BrN2O. The zero-order chi connectivity index (χ0) is 8.10. The molecule has 0 spiro atoms. The van der Waals surface area contributed by atoms with Crippen LogP contribution in [0.25, 0.3) is 0 Å². The Morgan fingerprint density at radius 3 is 3.09 bits per heavy atom. The van der Waals surface area contributed by atoms with Crippen molar-refractivity contribution in [1.29, 1.82) is 5.41 Å². The Morgan fingerprint density at radius 2 is 2.64 bits per heavy atom. The minimum atomic E-state index is 0.666. The van der Waals surface area contributed by atoms with Crippen LogP contribution >= 0.6 is 15.9 Å². The van der Waals surface area contributed by atoms with E-state index in [1.807, 2.05) is 0 Å². The lowest BCUT2D eigenvalue weighted by atomic mass is 10.3. The number of halogens is 1. The molecule has 0 aliphatic carbocycles. The van der Waals surface area contributed by atoms with E-state index in [-0.39, 0.29) is 0 Å². The molecule has 0 radical (unpaired) electrons. The highest BCUT2D eigenvalue weighted by atomic mass is 79.9. The van der Waals surface area contributed by atoms with Crippen LogP contribution in [0.2, 0.25) is 0 Å². The number of hydrogen-bond donors (Lipinski definition) is 2. The topological polar surface area (TPSA) is 45.1 Å². The summed E-state index contributed by atoms with van der Waals surface area (Å²) in [5, 5.41) is 10.8. The predicted molar refractivity (Wildman–Crippen MR) is 48.2 cm³/mol. The lowest BCUT2D eigenvalue weighted by Gasteiger charge is -2.19. The molecule has 1 aliphatic heterocycles. The normalized spacial score (nSPS) is 21.5. The van der Waals surface area contributed by atoms with E-state index < -0.39 is 0 Å². The maximum atomic E-state index is 7.06. The van der Waals surface area contributed by atoms with E-state index in [1.165, 1.54) is 6.21 Å². The maximum absolute atomic E-state index is 7.06. The van der Waals surface area contributed by atoms with Gasteiger partial charge >= 0.3 is 0 Å². The van der Waals surface area contributed by atoms with Crippen LogP contribution in [-0.2, 0) is 4.74 Å². The zero-order valence-electron chi connectivity index (χ0n) is 6.19. The fraction of sp³-hybridized carbons (Fsp3) is 0.571. The van der Waals surface area contributed by atoms with Crippen molar-refractivity contribution in [3.05, 3.63) is 11.5 Å². The summed E-state index contributed by atoms with van der Waals surface area (Å²) >= 11 is 3.28. The van der Waals surface area contributed by atoms with Crippen LogP contribution in [0.3, 0.4) is 0 Å². The summed E-state index contributed by atoms with van der Waals surface area (Å²) in [4.78, 5) is 0. The number of allylic oxidation sites excluding steroid dienone is 1. The minimum Gasteiger partial charge on any atom is -0.479 e. The largest absolute Gasteiger partial charge is 0.479 e. The SMILES string of the molecule is N=C/C(CBr)=C1\NCCCO1. The van der Waals surface area contributed by atoms with Gasteiger partial charge in [-0.2, -0.15) is 0 Å². The monoisotopic (exact) mass is 218 g/mol. The van der Waals surface area contributed by atoms with Crippen molar-refractivity contribution in [3.63, 3.8) is 0 Å². The Labute approximate surface area is 74.4 Å². The number of ether oxygens (including phenoxy) is 1. The van der Waals surface area contributed by atoms with E-state index in [0.29, 0.717) is 5.33 Å². The first-order chi connectivity index (χ1) is 5.38. The minimum absolute atomic E-state index is 0.666. The Hall–Kier alpha value is -0.510. The van der Waals surface area contributed by atoms with Crippen molar-refractivity contribution in [2.24, 2.45) is 0 Å². The molecule has 0 saturated carbocycles. The standard InChI is InChI=1S/C7H11BrN2O/c8-4-6(5-9)7-10-2-1-3-11-7/h5,9-10H,1-4H2/b7-6+,9-5?. The first-order valence-corrected chi connectivity index (χ1v) is 4.67. The molecule has 0 unspecified atom stereocenters. The van der Waals surface area contributed by atoms with Crippen molar-refractivity contribution in [2.45, 2.75) is 6.42 Å². The highest BCUT2D eigenvalue weighted by Crippen LogP contribution is 2.08. The van der Waals surface area contributed by atoms with Crippen LogP contribution in [0.1, 0.15) is 6.42 Å². The van der Waals surface area contributed by atoms with Crippen LogP contribution in [-0.4, -0.2) is 24.7 Å². The van der Waals surface area contributed by atoms with Gasteiger partial charge in [0.25, 0.3) is 0 Å². The van der Waals surface area contributed by atoms with E-state index in [2.05, 4.69) is 21.2 Å². The maximum Gasteiger partial charge on any atom is 0.192 e. The first kappa shape index (κ1) is 8.59. The fourth-order valence-electron chi connectivity index (χ4n) is 0.870. The van der Waals surface area contributed by atoms with Crippen LogP contribution in [0.4, 0.5) is 0 Å². The Balaban J connectivity index is 2.64. The van der Waals surface area contributed by atoms with Gasteiger partial charge < -0.3 is 15.5 Å².